The van der Waals surface area contributed by atoms with Crippen LogP contribution in [0.15, 0.2) is 24.0 Å². The van der Waals surface area contributed by atoms with E-state index in [-0.39, 0.29) is 18.2 Å². The Morgan fingerprint density at radius 2 is 2.57 bits per heavy atom. The van der Waals surface area contributed by atoms with Gasteiger partial charge in [0, 0.05) is 0 Å². The van der Waals surface area contributed by atoms with E-state index in [1.54, 1.807) is 0 Å². The predicted octanol–water partition coefficient (Wildman–Crippen LogP) is 0.785. The topological polar surface area (TPSA) is 93.5 Å². The summed E-state index contributed by atoms with van der Waals surface area (Å²) in [6.07, 6.45) is 3.61. The van der Waals surface area contributed by atoms with Gasteiger partial charge in [0.05, 0.1) is 0 Å². The maximum absolute atomic E-state index is 10.5. The number of imidazole rings is 1. The van der Waals surface area contributed by atoms with Crippen LogP contribution in [0.4, 0.5) is 5.82 Å². The molecule has 0 atom stereocenters. The van der Waals surface area contributed by atoms with Crippen LogP contribution in [0.25, 0.3) is 0 Å². The smallest absolute Gasteiger partial charge is 0.343 e. The number of aromatic nitrogens is 2. The molecule has 0 radical (unpaired) electrons. The third-order valence-corrected chi connectivity index (χ3v) is 1.54. The molecule has 0 aromatic carbocycles. The van der Waals surface area contributed by atoms with Gasteiger partial charge in [0.15, 0.2) is 0 Å². The molecule has 0 amide bonds. The molecule has 0 unspecified atom stereocenters. The van der Waals surface area contributed by atoms with Gasteiger partial charge in [-0.15, -0.1) is 0 Å². The van der Waals surface area contributed by atoms with Crippen molar-refractivity contribution in [1.82, 2.24) is 9.55 Å². The highest BCUT2D eigenvalue weighted by Crippen LogP contribution is 2.12. The molecule has 74 valence electrons. The second-order valence-corrected chi connectivity index (χ2v) is 2.38. The molecule has 0 spiro atoms. The fourth-order valence-corrected chi connectivity index (χ4v) is 0.997. The van der Waals surface area contributed by atoms with Crippen LogP contribution >= 0.6 is 0 Å². The van der Waals surface area contributed by atoms with Crippen molar-refractivity contribution in [2.75, 3.05) is 0 Å². The Balaban J connectivity index is 3.19. The summed E-state index contributed by atoms with van der Waals surface area (Å²) < 4.78 is 1.27. The minimum atomic E-state index is -0.564. The van der Waals surface area contributed by atoms with Crippen LogP contribution in [0.3, 0.4) is 0 Å². The van der Waals surface area contributed by atoms with Gasteiger partial charge >= 0.3 is 5.82 Å². The first-order valence-corrected chi connectivity index (χ1v) is 3.69. The average molecular weight is 196 g/mol. The molecular formula is C7H8N4O3. The molecule has 1 N–H and O–H groups in total. The van der Waals surface area contributed by atoms with Crippen LogP contribution in [-0.2, 0) is 6.54 Å². The van der Waals surface area contributed by atoms with Crippen molar-refractivity contribution in [3.05, 3.63) is 34.8 Å². The third kappa shape index (κ3) is 1.76. The van der Waals surface area contributed by atoms with Crippen LogP contribution in [0, 0.1) is 10.1 Å². The Morgan fingerprint density at radius 1 is 1.86 bits per heavy atom. The summed E-state index contributed by atoms with van der Waals surface area (Å²) in [6, 6.07) is 0. The van der Waals surface area contributed by atoms with Crippen LogP contribution in [0.5, 0.6) is 0 Å². The Morgan fingerprint density at radius 3 is 3.07 bits per heavy atom. The molecule has 7 nitrogen and oxygen atoms in total. The number of oxime groups is 1. The highest BCUT2D eigenvalue weighted by molar-refractivity contribution is 5.75. The molecule has 1 aromatic rings. The van der Waals surface area contributed by atoms with Gasteiger partial charge in [0.2, 0.25) is 5.82 Å². The summed E-state index contributed by atoms with van der Waals surface area (Å²) in [5, 5.41) is 21.6. The summed E-state index contributed by atoms with van der Waals surface area (Å²) in [6.45, 7) is 3.69. The first-order chi connectivity index (χ1) is 6.70. The zero-order chi connectivity index (χ0) is 10.6. The van der Waals surface area contributed by atoms with Gasteiger partial charge in [-0.1, -0.05) is 17.8 Å². The third-order valence-electron chi connectivity index (χ3n) is 1.54. The first kappa shape index (κ1) is 9.90. The van der Waals surface area contributed by atoms with Crippen molar-refractivity contribution in [3.63, 3.8) is 0 Å². The normalized spacial score (nSPS) is 10.6. The monoisotopic (exact) mass is 196 g/mol. The molecule has 0 aliphatic heterocycles. The van der Waals surface area contributed by atoms with Gasteiger partial charge in [-0.05, 0) is 4.92 Å². The van der Waals surface area contributed by atoms with Gasteiger partial charge in [0.25, 0.3) is 0 Å². The molecule has 0 aliphatic carbocycles. The minimum Gasteiger partial charge on any atom is -0.411 e. The summed E-state index contributed by atoms with van der Waals surface area (Å²) in [7, 11) is 0. The van der Waals surface area contributed by atoms with Gasteiger partial charge < -0.3 is 15.3 Å². The van der Waals surface area contributed by atoms with Gasteiger partial charge in [-0.3, -0.25) is 0 Å². The molecule has 0 bridgehead atoms. The summed E-state index contributed by atoms with van der Waals surface area (Å²) >= 11 is 0. The maximum atomic E-state index is 10.5. The molecule has 0 saturated carbocycles. The lowest BCUT2D eigenvalue weighted by atomic mass is 10.5. The summed E-state index contributed by atoms with van der Waals surface area (Å²) in [5.74, 6) is 0.0406. The number of allylic oxidation sites excluding steroid dienone is 1. The van der Waals surface area contributed by atoms with Gasteiger partial charge in [0.1, 0.15) is 19.0 Å². The molecule has 0 saturated heterocycles. The molecule has 1 rings (SSSR count). The lowest BCUT2D eigenvalue weighted by Gasteiger charge is -1.97. The lowest BCUT2D eigenvalue weighted by molar-refractivity contribution is -0.392. The summed E-state index contributed by atoms with van der Waals surface area (Å²) in [4.78, 5) is 13.7. The van der Waals surface area contributed by atoms with Crippen molar-refractivity contribution >= 4 is 12.0 Å². The second-order valence-electron chi connectivity index (χ2n) is 2.38. The maximum Gasteiger partial charge on any atom is 0.343 e. The lowest BCUT2D eigenvalue weighted by Crippen LogP contribution is -2.05. The first-order valence-electron chi connectivity index (χ1n) is 3.69. The number of hydrogen-bond acceptors (Lipinski definition) is 5. The molecule has 1 aromatic heterocycles. The van der Waals surface area contributed by atoms with Crippen LogP contribution in [0.1, 0.15) is 5.82 Å². The fraction of sp³-hybridized carbons (Fsp3) is 0.143. The molecule has 7 heteroatoms. The number of nitro groups is 1. The zero-order valence-corrected chi connectivity index (χ0v) is 7.20. The molecule has 1 heterocycles. The fourth-order valence-electron chi connectivity index (χ4n) is 0.997. The van der Waals surface area contributed by atoms with Gasteiger partial charge in [-0.25, -0.2) is 9.55 Å². The zero-order valence-electron chi connectivity index (χ0n) is 7.20. The Labute approximate surface area is 79.1 Å². The van der Waals surface area contributed by atoms with Crippen molar-refractivity contribution in [2.45, 2.75) is 6.54 Å². The van der Waals surface area contributed by atoms with Crippen molar-refractivity contribution in [1.29, 1.82) is 0 Å². The standard InChI is InChI=1S/C7H8N4O3/c1-2-3-10-6(4-9-12)8-5-7(10)11(13)14/h2,4-5,12H,1,3H2. The van der Waals surface area contributed by atoms with E-state index in [9.17, 15) is 10.1 Å². The summed E-state index contributed by atoms with van der Waals surface area (Å²) in [5.41, 5.74) is 0. The van der Waals surface area contributed by atoms with E-state index in [1.165, 1.54) is 10.6 Å². The average Bonchev–Trinajstić information content (AvgIpc) is 2.50. The number of nitrogens with zero attached hydrogens (tertiary/aromatic N) is 4. The van der Waals surface area contributed by atoms with Crippen molar-refractivity contribution in [2.24, 2.45) is 5.16 Å². The van der Waals surface area contributed by atoms with E-state index in [4.69, 9.17) is 5.21 Å². The van der Waals surface area contributed by atoms with E-state index in [1.807, 2.05) is 0 Å². The Bertz CT molecular complexity index is 382. The highest BCUT2D eigenvalue weighted by atomic mass is 16.6. The van der Waals surface area contributed by atoms with E-state index in [0.717, 1.165) is 12.4 Å². The molecular weight excluding hydrogens is 188 g/mol. The second kappa shape index (κ2) is 4.17. The van der Waals surface area contributed by atoms with Crippen LogP contribution < -0.4 is 0 Å². The molecule has 0 aliphatic rings. The quantitative estimate of drug-likeness (QED) is 0.253. The van der Waals surface area contributed by atoms with E-state index in [0.29, 0.717) is 0 Å². The van der Waals surface area contributed by atoms with Crippen molar-refractivity contribution < 1.29 is 10.1 Å². The molecule has 0 fully saturated rings. The minimum absolute atomic E-state index is 0.167. The van der Waals surface area contributed by atoms with Crippen molar-refractivity contribution in [3.8, 4) is 0 Å². The van der Waals surface area contributed by atoms with Crippen LogP contribution in [-0.4, -0.2) is 25.9 Å². The Hall–Kier alpha value is -2.18. The largest absolute Gasteiger partial charge is 0.411 e. The predicted molar refractivity (Wildman–Crippen MR) is 48.5 cm³/mol. The highest BCUT2D eigenvalue weighted by Gasteiger charge is 2.17. The van der Waals surface area contributed by atoms with Crippen LogP contribution in [0.2, 0.25) is 0 Å². The van der Waals surface area contributed by atoms with E-state index < -0.39 is 4.92 Å². The Kier molecular flexibility index (Phi) is 2.95. The van der Waals surface area contributed by atoms with E-state index in [2.05, 4.69) is 16.7 Å². The number of hydrogen-bond donors (Lipinski definition) is 1. The number of rotatable bonds is 4. The SMILES string of the molecule is C=CCn1c([N+](=O)[O-])cnc1C=NO. The van der Waals surface area contributed by atoms with E-state index >= 15 is 0 Å². The van der Waals surface area contributed by atoms with Gasteiger partial charge in [-0.2, -0.15) is 0 Å². The molecule has 14 heavy (non-hydrogen) atoms.